The Labute approximate surface area is 138 Å². The summed E-state index contributed by atoms with van der Waals surface area (Å²) in [7, 11) is 0. The van der Waals surface area contributed by atoms with Crippen LogP contribution in [0.25, 0.3) is 5.69 Å². The number of likely N-dealkylation sites (tertiary alicyclic amines) is 1. The smallest absolute Gasteiger partial charge is 0.311 e. The molecule has 1 N–H and O–H groups in total. The molecule has 6 nitrogen and oxygen atoms in total. The summed E-state index contributed by atoms with van der Waals surface area (Å²) in [6.07, 6.45) is 2.13. The van der Waals surface area contributed by atoms with E-state index >= 15 is 0 Å². The van der Waals surface area contributed by atoms with Crippen LogP contribution in [-0.4, -0.2) is 44.8 Å². The van der Waals surface area contributed by atoms with Crippen molar-refractivity contribution in [1.82, 2.24) is 14.7 Å². The van der Waals surface area contributed by atoms with Gasteiger partial charge >= 0.3 is 5.97 Å². The van der Waals surface area contributed by atoms with Crippen LogP contribution in [0.5, 0.6) is 0 Å². The third-order valence-electron chi connectivity index (χ3n) is 4.16. The van der Waals surface area contributed by atoms with Crippen molar-refractivity contribution in [3.8, 4) is 5.69 Å². The number of aliphatic carboxylic acids is 1. The highest BCUT2D eigenvalue weighted by molar-refractivity contribution is 6.30. The Balaban J connectivity index is 1.79. The molecule has 1 amide bonds. The molecule has 120 valence electrons. The van der Waals surface area contributed by atoms with Gasteiger partial charge in [-0.3, -0.25) is 9.59 Å². The lowest BCUT2D eigenvalue weighted by atomic mass is 9.90. The number of hydrogen-bond acceptors (Lipinski definition) is 3. The maximum absolute atomic E-state index is 12.5. The Morgan fingerprint density at radius 2 is 2.13 bits per heavy atom. The number of hydrogen-bond donors (Lipinski definition) is 1. The van der Waals surface area contributed by atoms with E-state index in [4.69, 9.17) is 11.6 Å². The molecular formula is C16H16ClN3O3. The van der Waals surface area contributed by atoms with Crippen LogP contribution in [-0.2, 0) is 4.79 Å². The Morgan fingerprint density at radius 3 is 2.78 bits per heavy atom. The first-order valence-corrected chi connectivity index (χ1v) is 7.61. The molecule has 2 aromatic rings. The molecule has 1 atom stereocenters. The van der Waals surface area contributed by atoms with Crippen molar-refractivity contribution >= 4 is 23.5 Å². The number of carbonyl (C=O) groups excluding carboxylic acids is 1. The molecule has 1 aliphatic rings. The van der Waals surface area contributed by atoms with Gasteiger partial charge in [-0.25, -0.2) is 4.68 Å². The first kappa shape index (κ1) is 15.6. The molecule has 2 heterocycles. The topological polar surface area (TPSA) is 75.4 Å². The third-order valence-corrected chi connectivity index (χ3v) is 4.39. The van der Waals surface area contributed by atoms with Crippen LogP contribution in [0, 0.1) is 5.41 Å². The van der Waals surface area contributed by atoms with E-state index in [2.05, 4.69) is 5.10 Å². The monoisotopic (exact) mass is 333 g/mol. The van der Waals surface area contributed by atoms with Crippen LogP contribution >= 0.6 is 11.6 Å². The molecule has 0 saturated carbocycles. The summed E-state index contributed by atoms with van der Waals surface area (Å²) in [6, 6.07) is 8.78. The molecular weight excluding hydrogens is 318 g/mol. The van der Waals surface area contributed by atoms with E-state index in [0.717, 1.165) is 5.69 Å². The molecule has 0 unspecified atom stereocenters. The number of rotatable bonds is 3. The average molecular weight is 334 g/mol. The van der Waals surface area contributed by atoms with Gasteiger partial charge in [-0.05, 0) is 37.6 Å². The van der Waals surface area contributed by atoms with Gasteiger partial charge in [0, 0.05) is 24.3 Å². The number of aromatic nitrogens is 2. The normalized spacial score (nSPS) is 20.7. The van der Waals surface area contributed by atoms with Gasteiger partial charge in [0.25, 0.3) is 5.91 Å². The van der Waals surface area contributed by atoms with E-state index in [-0.39, 0.29) is 12.5 Å². The zero-order chi connectivity index (χ0) is 16.6. The largest absolute Gasteiger partial charge is 0.481 e. The van der Waals surface area contributed by atoms with Crippen molar-refractivity contribution in [2.75, 3.05) is 13.1 Å². The molecule has 0 aliphatic carbocycles. The lowest BCUT2D eigenvalue weighted by molar-refractivity contribution is -0.147. The maximum Gasteiger partial charge on any atom is 0.311 e. The van der Waals surface area contributed by atoms with Crippen LogP contribution < -0.4 is 0 Å². The highest BCUT2D eigenvalue weighted by atomic mass is 35.5. The molecule has 1 saturated heterocycles. The minimum absolute atomic E-state index is 0.200. The summed E-state index contributed by atoms with van der Waals surface area (Å²) < 4.78 is 1.57. The van der Waals surface area contributed by atoms with E-state index in [9.17, 15) is 14.7 Å². The van der Waals surface area contributed by atoms with Gasteiger partial charge in [0.05, 0.1) is 11.1 Å². The van der Waals surface area contributed by atoms with E-state index in [0.29, 0.717) is 23.7 Å². The summed E-state index contributed by atoms with van der Waals surface area (Å²) in [5.41, 5.74) is 0.165. The van der Waals surface area contributed by atoms with Crippen LogP contribution in [0.4, 0.5) is 0 Å². The van der Waals surface area contributed by atoms with Gasteiger partial charge in [0.1, 0.15) is 0 Å². The lowest BCUT2D eigenvalue weighted by Crippen LogP contribution is -2.35. The fourth-order valence-corrected chi connectivity index (χ4v) is 2.86. The van der Waals surface area contributed by atoms with Crippen LogP contribution in [0.2, 0.25) is 5.02 Å². The van der Waals surface area contributed by atoms with Gasteiger partial charge in [0.2, 0.25) is 0 Å². The Bertz CT molecular complexity index is 773. The van der Waals surface area contributed by atoms with Crippen molar-refractivity contribution in [2.45, 2.75) is 13.3 Å². The number of amides is 1. The van der Waals surface area contributed by atoms with Crippen molar-refractivity contribution < 1.29 is 14.7 Å². The molecule has 1 aliphatic heterocycles. The Hall–Kier alpha value is -2.34. The molecule has 0 bridgehead atoms. The molecule has 3 rings (SSSR count). The first-order valence-electron chi connectivity index (χ1n) is 7.23. The number of carboxylic acids is 1. The highest BCUT2D eigenvalue weighted by Crippen LogP contribution is 2.30. The van der Waals surface area contributed by atoms with Crippen molar-refractivity contribution in [1.29, 1.82) is 0 Å². The number of nitrogens with zero attached hydrogens (tertiary/aromatic N) is 3. The molecule has 23 heavy (non-hydrogen) atoms. The third kappa shape index (κ3) is 2.94. The van der Waals surface area contributed by atoms with Gasteiger partial charge in [-0.15, -0.1) is 0 Å². The average Bonchev–Trinajstić information content (AvgIpc) is 3.14. The second-order valence-electron chi connectivity index (χ2n) is 5.97. The number of carboxylic acid groups (broad SMARTS) is 1. The summed E-state index contributed by atoms with van der Waals surface area (Å²) in [6.45, 7) is 2.28. The number of carbonyl (C=O) groups is 2. The van der Waals surface area contributed by atoms with E-state index in [1.165, 1.54) is 0 Å². The predicted octanol–water partition coefficient (Wildman–Crippen LogP) is 2.46. The Kier molecular flexibility index (Phi) is 3.85. The number of halogens is 1. The minimum atomic E-state index is -0.884. The second kappa shape index (κ2) is 5.70. The SMILES string of the molecule is C[C@@]1(C(=O)O)CCN(C(=O)c2ccn(-c3cccc(Cl)c3)n2)C1. The molecule has 0 radical (unpaired) electrons. The molecule has 7 heteroatoms. The van der Waals surface area contributed by atoms with Crippen molar-refractivity contribution in [3.05, 3.63) is 47.2 Å². The lowest BCUT2D eigenvalue weighted by Gasteiger charge is -2.19. The molecule has 1 aromatic carbocycles. The number of benzene rings is 1. The standard InChI is InChI=1S/C16H16ClN3O3/c1-16(15(22)23)6-8-19(10-16)14(21)13-5-7-20(18-13)12-4-2-3-11(17)9-12/h2-5,7,9H,6,8,10H2,1H3,(H,22,23)/t16-/m1/s1. The van der Waals surface area contributed by atoms with E-state index < -0.39 is 11.4 Å². The quantitative estimate of drug-likeness (QED) is 0.936. The van der Waals surface area contributed by atoms with Crippen LogP contribution in [0.1, 0.15) is 23.8 Å². The first-order chi connectivity index (χ1) is 10.9. The van der Waals surface area contributed by atoms with Crippen LogP contribution in [0.3, 0.4) is 0 Å². The molecule has 1 fully saturated rings. The van der Waals surface area contributed by atoms with Crippen molar-refractivity contribution in [3.63, 3.8) is 0 Å². The van der Waals surface area contributed by atoms with E-state index in [1.54, 1.807) is 47.0 Å². The summed E-state index contributed by atoms with van der Waals surface area (Å²) >= 11 is 5.96. The van der Waals surface area contributed by atoms with Gasteiger partial charge in [0.15, 0.2) is 5.69 Å². The predicted molar refractivity (Wildman–Crippen MR) is 84.8 cm³/mol. The van der Waals surface area contributed by atoms with E-state index in [1.807, 2.05) is 6.07 Å². The minimum Gasteiger partial charge on any atom is -0.481 e. The zero-order valence-corrected chi connectivity index (χ0v) is 13.3. The fraction of sp³-hybridized carbons (Fsp3) is 0.312. The van der Waals surface area contributed by atoms with Gasteiger partial charge in [-0.1, -0.05) is 17.7 Å². The Morgan fingerprint density at radius 1 is 1.35 bits per heavy atom. The maximum atomic E-state index is 12.5. The van der Waals surface area contributed by atoms with Gasteiger partial charge in [-0.2, -0.15) is 5.10 Å². The van der Waals surface area contributed by atoms with Crippen molar-refractivity contribution in [2.24, 2.45) is 5.41 Å². The summed E-state index contributed by atoms with van der Waals surface area (Å²) in [5, 5.41) is 14.1. The molecule has 0 spiro atoms. The summed E-state index contributed by atoms with van der Waals surface area (Å²) in [4.78, 5) is 25.3. The zero-order valence-electron chi connectivity index (χ0n) is 12.6. The summed E-state index contributed by atoms with van der Waals surface area (Å²) in [5.74, 6) is -1.13. The van der Waals surface area contributed by atoms with Gasteiger partial charge < -0.3 is 10.0 Å². The second-order valence-corrected chi connectivity index (χ2v) is 6.40. The highest BCUT2D eigenvalue weighted by Gasteiger charge is 2.42. The van der Waals surface area contributed by atoms with Crippen LogP contribution in [0.15, 0.2) is 36.5 Å². The fourth-order valence-electron chi connectivity index (χ4n) is 2.67. The molecule has 1 aromatic heterocycles.